The molecule has 18 heavy (non-hydrogen) atoms. The zero-order chi connectivity index (χ0) is 13.1. The molecule has 1 heterocycles. The molecule has 1 unspecified atom stereocenters. The number of halogens is 2. The Morgan fingerprint density at radius 1 is 1.39 bits per heavy atom. The van der Waals surface area contributed by atoms with Crippen molar-refractivity contribution in [3.05, 3.63) is 62.8 Å². The summed E-state index contributed by atoms with van der Waals surface area (Å²) in [5.74, 6) is 0. The fourth-order valence-electron chi connectivity index (χ4n) is 1.80. The number of aryl methyl sites for hydroxylation is 1. The molecule has 4 heteroatoms. The Morgan fingerprint density at radius 3 is 2.89 bits per heavy atom. The molecule has 0 spiro atoms. The van der Waals surface area contributed by atoms with Gasteiger partial charge in [0.1, 0.15) is 0 Å². The van der Waals surface area contributed by atoms with Crippen molar-refractivity contribution in [3.63, 3.8) is 0 Å². The van der Waals surface area contributed by atoms with Crippen LogP contribution in [0.2, 0.25) is 5.02 Å². The molecule has 0 aliphatic heterocycles. The van der Waals surface area contributed by atoms with Crippen molar-refractivity contribution in [2.24, 2.45) is 0 Å². The van der Waals surface area contributed by atoms with Crippen LogP contribution in [0.3, 0.4) is 0 Å². The minimum absolute atomic E-state index is 0.461. The summed E-state index contributed by atoms with van der Waals surface area (Å²) in [5.41, 5.74) is 2.68. The zero-order valence-electron chi connectivity index (χ0n) is 9.90. The molecule has 0 saturated heterocycles. The second-order valence-corrected chi connectivity index (χ2v) is 5.48. The summed E-state index contributed by atoms with van der Waals surface area (Å²) in [6.07, 6.45) is 1.55. The van der Waals surface area contributed by atoms with Crippen LogP contribution in [0.4, 0.5) is 0 Å². The van der Waals surface area contributed by atoms with E-state index in [-0.39, 0.29) is 0 Å². The van der Waals surface area contributed by atoms with Crippen molar-refractivity contribution < 1.29 is 5.11 Å². The monoisotopic (exact) mass is 325 g/mol. The fraction of sp³-hybridized carbons (Fsp3) is 0.214. The highest BCUT2D eigenvalue weighted by molar-refractivity contribution is 9.10. The van der Waals surface area contributed by atoms with E-state index in [1.165, 1.54) is 0 Å². The molecule has 2 aromatic rings. The van der Waals surface area contributed by atoms with E-state index in [0.717, 1.165) is 21.3 Å². The highest BCUT2D eigenvalue weighted by Gasteiger charge is 2.14. The van der Waals surface area contributed by atoms with Gasteiger partial charge >= 0.3 is 0 Å². The lowest BCUT2D eigenvalue weighted by Gasteiger charge is -2.14. The standard InChI is InChI=1S/C14H13BrClNO/c1-9-3-2-6-17-13(9)8-14(18)11-7-10(15)4-5-12(11)16/h2-7,14,18H,8H2,1H3. The van der Waals surface area contributed by atoms with Crippen LogP contribution >= 0.6 is 27.5 Å². The number of aliphatic hydroxyl groups is 1. The van der Waals surface area contributed by atoms with Gasteiger partial charge in [-0.1, -0.05) is 33.6 Å². The van der Waals surface area contributed by atoms with Crippen LogP contribution in [-0.2, 0) is 6.42 Å². The van der Waals surface area contributed by atoms with Gasteiger partial charge < -0.3 is 5.11 Å². The third-order valence-electron chi connectivity index (χ3n) is 2.82. The second kappa shape index (κ2) is 5.83. The van der Waals surface area contributed by atoms with Crippen LogP contribution in [0.5, 0.6) is 0 Å². The maximum atomic E-state index is 10.3. The summed E-state index contributed by atoms with van der Waals surface area (Å²) < 4.78 is 0.902. The van der Waals surface area contributed by atoms with E-state index >= 15 is 0 Å². The smallest absolute Gasteiger partial charge is 0.0860 e. The lowest BCUT2D eigenvalue weighted by molar-refractivity contribution is 0.177. The van der Waals surface area contributed by atoms with Crippen molar-refractivity contribution in [1.82, 2.24) is 4.98 Å². The minimum atomic E-state index is -0.649. The molecule has 0 amide bonds. The number of hydrogen-bond donors (Lipinski definition) is 1. The first-order valence-corrected chi connectivity index (χ1v) is 6.78. The lowest BCUT2D eigenvalue weighted by atomic mass is 10.0. The number of nitrogens with zero attached hydrogens (tertiary/aromatic N) is 1. The van der Waals surface area contributed by atoms with Crippen LogP contribution in [-0.4, -0.2) is 10.1 Å². The van der Waals surface area contributed by atoms with Gasteiger partial charge in [-0.2, -0.15) is 0 Å². The highest BCUT2D eigenvalue weighted by Crippen LogP contribution is 2.28. The zero-order valence-corrected chi connectivity index (χ0v) is 12.2. The van der Waals surface area contributed by atoms with E-state index in [9.17, 15) is 5.11 Å². The summed E-state index contributed by atoms with van der Waals surface area (Å²) in [6.45, 7) is 1.98. The summed E-state index contributed by atoms with van der Waals surface area (Å²) in [5, 5.41) is 10.8. The van der Waals surface area contributed by atoms with Crippen molar-refractivity contribution >= 4 is 27.5 Å². The molecule has 0 radical (unpaired) electrons. The van der Waals surface area contributed by atoms with Crippen LogP contribution in [0.25, 0.3) is 0 Å². The summed E-state index contributed by atoms with van der Waals surface area (Å²) in [6, 6.07) is 9.33. The van der Waals surface area contributed by atoms with Crippen LogP contribution < -0.4 is 0 Å². The van der Waals surface area contributed by atoms with E-state index < -0.39 is 6.10 Å². The molecule has 1 N–H and O–H groups in total. The summed E-state index contributed by atoms with van der Waals surface area (Å²) in [4.78, 5) is 4.28. The van der Waals surface area contributed by atoms with Crippen LogP contribution in [0, 0.1) is 6.92 Å². The Morgan fingerprint density at radius 2 is 2.17 bits per heavy atom. The van der Waals surface area contributed by atoms with E-state index in [0.29, 0.717) is 11.4 Å². The number of pyridine rings is 1. The molecule has 1 aromatic heterocycles. The van der Waals surface area contributed by atoms with Gasteiger partial charge in [-0.15, -0.1) is 0 Å². The number of aliphatic hydroxyl groups excluding tert-OH is 1. The average molecular weight is 327 g/mol. The topological polar surface area (TPSA) is 33.1 Å². The van der Waals surface area contributed by atoms with Gasteiger partial charge in [-0.05, 0) is 36.8 Å². The number of benzene rings is 1. The van der Waals surface area contributed by atoms with Crippen molar-refractivity contribution in [2.45, 2.75) is 19.4 Å². The van der Waals surface area contributed by atoms with Gasteiger partial charge in [0, 0.05) is 33.4 Å². The van der Waals surface area contributed by atoms with Gasteiger partial charge in [0.15, 0.2) is 0 Å². The maximum absolute atomic E-state index is 10.3. The fourth-order valence-corrected chi connectivity index (χ4v) is 2.42. The minimum Gasteiger partial charge on any atom is -0.388 e. The molecular formula is C14H13BrClNO. The molecule has 0 aliphatic carbocycles. The number of rotatable bonds is 3. The predicted molar refractivity (Wildman–Crippen MR) is 76.8 cm³/mol. The van der Waals surface area contributed by atoms with E-state index in [2.05, 4.69) is 20.9 Å². The number of hydrogen-bond acceptors (Lipinski definition) is 2. The van der Waals surface area contributed by atoms with Gasteiger partial charge in [0.2, 0.25) is 0 Å². The average Bonchev–Trinajstić information content (AvgIpc) is 2.35. The molecule has 2 rings (SSSR count). The first kappa shape index (κ1) is 13.5. The van der Waals surface area contributed by atoms with Crippen LogP contribution in [0.1, 0.15) is 22.9 Å². The summed E-state index contributed by atoms with van der Waals surface area (Å²) in [7, 11) is 0. The molecule has 94 valence electrons. The third-order valence-corrected chi connectivity index (χ3v) is 3.66. The molecule has 0 bridgehead atoms. The predicted octanol–water partition coefficient (Wildman–Crippen LogP) is 4.08. The first-order valence-electron chi connectivity index (χ1n) is 5.61. The Bertz CT molecular complexity index is 559. The Hall–Kier alpha value is -0.900. The van der Waals surface area contributed by atoms with Crippen molar-refractivity contribution in [1.29, 1.82) is 0 Å². The Balaban J connectivity index is 2.25. The molecule has 2 nitrogen and oxygen atoms in total. The highest BCUT2D eigenvalue weighted by atomic mass is 79.9. The van der Waals surface area contributed by atoms with Gasteiger partial charge in [0.05, 0.1) is 6.10 Å². The van der Waals surface area contributed by atoms with E-state index in [1.807, 2.05) is 31.2 Å². The van der Waals surface area contributed by atoms with Crippen LogP contribution in [0.15, 0.2) is 41.0 Å². The molecule has 1 aromatic carbocycles. The molecule has 1 atom stereocenters. The normalized spacial score (nSPS) is 12.4. The second-order valence-electron chi connectivity index (χ2n) is 4.15. The SMILES string of the molecule is Cc1cccnc1CC(O)c1cc(Br)ccc1Cl. The van der Waals surface area contributed by atoms with E-state index in [4.69, 9.17) is 11.6 Å². The third kappa shape index (κ3) is 3.10. The Labute approximate surface area is 120 Å². The van der Waals surface area contributed by atoms with Gasteiger partial charge in [-0.25, -0.2) is 0 Å². The molecular weight excluding hydrogens is 314 g/mol. The summed E-state index contributed by atoms with van der Waals surface area (Å²) >= 11 is 9.47. The molecule has 0 saturated carbocycles. The number of aromatic nitrogens is 1. The van der Waals surface area contributed by atoms with Gasteiger partial charge in [0.25, 0.3) is 0 Å². The quantitative estimate of drug-likeness (QED) is 0.922. The Kier molecular flexibility index (Phi) is 4.38. The lowest BCUT2D eigenvalue weighted by Crippen LogP contribution is -2.05. The van der Waals surface area contributed by atoms with Gasteiger partial charge in [-0.3, -0.25) is 4.98 Å². The maximum Gasteiger partial charge on any atom is 0.0860 e. The molecule has 0 aliphatic rings. The molecule has 0 fully saturated rings. The van der Waals surface area contributed by atoms with E-state index in [1.54, 1.807) is 12.3 Å². The van der Waals surface area contributed by atoms with Crippen molar-refractivity contribution in [3.8, 4) is 0 Å². The first-order chi connectivity index (χ1) is 8.58. The van der Waals surface area contributed by atoms with Crippen molar-refractivity contribution in [2.75, 3.05) is 0 Å². The largest absolute Gasteiger partial charge is 0.388 e.